The summed E-state index contributed by atoms with van der Waals surface area (Å²) in [5.74, 6) is 0.223. The van der Waals surface area contributed by atoms with E-state index in [0.29, 0.717) is 55.5 Å². The van der Waals surface area contributed by atoms with E-state index in [9.17, 15) is 14.0 Å². The number of benzene rings is 1. The molecule has 9 rings (SSSR count). The molecule has 3 aromatic heterocycles. The second kappa shape index (κ2) is 12.8. The second-order valence-corrected chi connectivity index (χ2v) is 17.6. The Balaban J connectivity index is 1.08. The summed E-state index contributed by atoms with van der Waals surface area (Å²) in [6, 6.07) is 10.6. The van der Waals surface area contributed by atoms with Crippen LogP contribution >= 0.6 is 0 Å². The van der Waals surface area contributed by atoms with Crippen LogP contribution in [0.2, 0.25) is 0 Å². The number of nitrogens with one attached hydrogen (secondary N) is 1. The van der Waals surface area contributed by atoms with Crippen molar-refractivity contribution in [3.63, 3.8) is 0 Å². The highest BCUT2D eigenvalue weighted by Gasteiger charge is 2.57. The Labute approximate surface area is 316 Å². The molecule has 5 aliphatic rings. The first kappa shape index (κ1) is 35.3. The molecule has 1 spiro atoms. The van der Waals surface area contributed by atoms with Crippen LogP contribution in [0.5, 0.6) is 0 Å². The van der Waals surface area contributed by atoms with Crippen LogP contribution in [0.3, 0.4) is 0 Å². The van der Waals surface area contributed by atoms with Gasteiger partial charge < -0.3 is 24.4 Å². The lowest BCUT2D eigenvalue weighted by Gasteiger charge is -2.47. The number of fused-ring (bicyclic) bond motifs is 3. The number of rotatable bonds is 7. The van der Waals surface area contributed by atoms with Gasteiger partial charge in [0.15, 0.2) is 11.6 Å². The van der Waals surface area contributed by atoms with E-state index in [0.717, 1.165) is 66.6 Å². The van der Waals surface area contributed by atoms with Gasteiger partial charge >= 0.3 is 0 Å². The van der Waals surface area contributed by atoms with Gasteiger partial charge in [-0.05, 0) is 101 Å². The molecule has 12 heteroatoms. The molecule has 11 nitrogen and oxygen atoms in total. The number of nitrogens with zero attached hydrogens (tertiary/aromatic N) is 7. The SMILES string of the molecule is CC(C)n1cnc2cc(-c3ccc4c(c3)N([C@H]3C[C@@H](N5CCC(C)(C)C5)C3)C(=O)C43CCN(C(=O)[C@]4(C)CCCO4)CC3)nc(Nc3ccncc3F)c21. The summed E-state index contributed by atoms with van der Waals surface area (Å²) >= 11 is 0. The Hall–Kier alpha value is -4.42. The minimum Gasteiger partial charge on any atom is -0.365 e. The van der Waals surface area contributed by atoms with E-state index < -0.39 is 16.8 Å². The van der Waals surface area contributed by atoms with Crippen LogP contribution in [0, 0.1) is 11.2 Å². The molecule has 7 heterocycles. The fourth-order valence-electron chi connectivity index (χ4n) is 9.79. The van der Waals surface area contributed by atoms with Crippen molar-refractivity contribution < 1.29 is 18.7 Å². The average Bonchev–Trinajstić information content (AvgIpc) is 3.91. The number of hydrogen-bond acceptors (Lipinski definition) is 8. The standard InChI is InChI=1S/C42H51FN8O3/c1-26(2)50-25-45-34-22-33(47-37(36(34)50)46-32-9-14-44-23-31(32)43)27-7-8-30-35(19-27)51(29-20-28(21-29)49-15-11-40(3,4)24-49)39(53)42(30)12-16-48(17-13-42)38(52)41(5)10-6-18-54-41/h7-9,14,19,22-23,25-26,28-29H,6,10-13,15-18,20-21,24H2,1-5H3,(H,44,46,47)/t28-,29+,41-/m0/s1. The zero-order chi connectivity index (χ0) is 37.6. The van der Waals surface area contributed by atoms with E-state index >= 15 is 0 Å². The Morgan fingerprint density at radius 3 is 2.50 bits per heavy atom. The molecule has 1 saturated carbocycles. The number of carbonyl (C=O) groups excluding carboxylic acids is 2. The van der Waals surface area contributed by atoms with E-state index in [1.165, 1.54) is 12.6 Å². The summed E-state index contributed by atoms with van der Waals surface area (Å²) in [6.07, 6.45) is 10.4. The molecule has 3 saturated heterocycles. The third-order valence-corrected chi connectivity index (χ3v) is 13.1. The topological polar surface area (TPSA) is 109 Å². The van der Waals surface area contributed by atoms with Crippen molar-refractivity contribution in [1.29, 1.82) is 0 Å². The molecular weight excluding hydrogens is 684 g/mol. The fraction of sp³-hybridized carbons (Fsp3) is 0.548. The fourth-order valence-corrected chi connectivity index (χ4v) is 9.79. The predicted molar refractivity (Wildman–Crippen MR) is 206 cm³/mol. The Morgan fingerprint density at radius 2 is 1.81 bits per heavy atom. The summed E-state index contributed by atoms with van der Waals surface area (Å²) in [5, 5.41) is 3.23. The minimum absolute atomic E-state index is 0.0422. The van der Waals surface area contributed by atoms with Gasteiger partial charge in [0, 0.05) is 61.8 Å². The molecule has 0 radical (unpaired) electrons. The lowest BCUT2D eigenvalue weighted by Crippen LogP contribution is -2.58. The molecule has 4 aromatic rings. The maximum atomic E-state index is 15.0. The molecule has 54 heavy (non-hydrogen) atoms. The van der Waals surface area contributed by atoms with Crippen molar-refractivity contribution in [3.8, 4) is 11.3 Å². The molecule has 0 bridgehead atoms. The van der Waals surface area contributed by atoms with Crippen LogP contribution in [0.25, 0.3) is 22.3 Å². The highest BCUT2D eigenvalue weighted by molar-refractivity contribution is 6.09. The quantitative estimate of drug-likeness (QED) is 0.217. The van der Waals surface area contributed by atoms with E-state index in [1.807, 2.05) is 22.5 Å². The van der Waals surface area contributed by atoms with Gasteiger partial charge in [-0.3, -0.25) is 19.5 Å². The third-order valence-electron chi connectivity index (χ3n) is 13.1. The number of likely N-dealkylation sites (tertiary alicyclic amines) is 2. The number of halogens is 1. The average molecular weight is 735 g/mol. The number of ether oxygens (including phenoxy) is 1. The summed E-state index contributed by atoms with van der Waals surface area (Å²) in [4.78, 5) is 49.0. The highest BCUT2D eigenvalue weighted by atomic mass is 19.1. The first-order valence-electron chi connectivity index (χ1n) is 19.8. The molecule has 4 aliphatic heterocycles. The number of pyridine rings is 2. The van der Waals surface area contributed by atoms with Crippen molar-refractivity contribution in [2.45, 2.75) is 109 Å². The van der Waals surface area contributed by atoms with Crippen molar-refractivity contribution in [2.75, 3.05) is 43.0 Å². The molecule has 1 N–H and O–H groups in total. The maximum Gasteiger partial charge on any atom is 0.254 e. The number of aromatic nitrogens is 4. The van der Waals surface area contributed by atoms with Crippen molar-refractivity contribution in [1.82, 2.24) is 29.3 Å². The van der Waals surface area contributed by atoms with Crippen molar-refractivity contribution in [3.05, 3.63) is 60.4 Å². The van der Waals surface area contributed by atoms with Crippen LogP contribution < -0.4 is 10.2 Å². The van der Waals surface area contributed by atoms with E-state index in [-0.39, 0.29) is 29.6 Å². The van der Waals surface area contributed by atoms with Gasteiger partial charge in [0.05, 0.1) is 34.8 Å². The van der Waals surface area contributed by atoms with Crippen LogP contribution in [-0.2, 0) is 19.7 Å². The largest absolute Gasteiger partial charge is 0.365 e. The highest BCUT2D eigenvalue weighted by Crippen LogP contribution is 2.53. The zero-order valence-electron chi connectivity index (χ0n) is 32.1. The van der Waals surface area contributed by atoms with Crippen molar-refractivity contribution in [2.24, 2.45) is 5.41 Å². The molecule has 0 unspecified atom stereocenters. The Morgan fingerprint density at radius 1 is 1.02 bits per heavy atom. The maximum absolute atomic E-state index is 15.0. The van der Waals surface area contributed by atoms with E-state index in [1.54, 1.807) is 18.6 Å². The van der Waals surface area contributed by atoms with Crippen LogP contribution in [-0.4, -0.2) is 91.6 Å². The number of anilines is 3. The molecule has 1 aromatic carbocycles. The van der Waals surface area contributed by atoms with Crippen LogP contribution in [0.1, 0.15) is 91.2 Å². The molecule has 1 aliphatic carbocycles. The molecule has 1 atom stereocenters. The molecule has 2 amide bonds. The van der Waals surface area contributed by atoms with Crippen LogP contribution in [0.15, 0.2) is 49.1 Å². The summed E-state index contributed by atoms with van der Waals surface area (Å²) < 4.78 is 22.8. The first-order valence-corrected chi connectivity index (χ1v) is 19.8. The van der Waals surface area contributed by atoms with Gasteiger partial charge in [0.1, 0.15) is 11.1 Å². The lowest BCUT2D eigenvalue weighted by molar-refractivity contribution is -0.153. The summed E-state index contributed by atoms with van der Waals surface area (Å²) in [6.45, 7) is 14.6. The number of amides is 2. The molecular formula is C42H51FN8O3. The smallest absolute Gasteiger partial charge is 0.254 e. The summed E-state index contributed by atoms with van der Waals surface area (Å²) in [5.41, 5.74) is 4.18. The second-order valence-electron chi connectivity index (χ2n) is 17.6. The van der Waals surface area contributed by atoms with Gasteiger partial charge in [-0.1, -0.05) is 26.0 Å². The number of hydrogen-bond donors (Lipinski definition) is 1. The first-order chi connectivity index (χ1) is 25.9. The van der Waals surface area contributed by atoms with Crippen LogP contribution in [0.4, 0.5) is 21.6 Å². The van der Waals surface area contributed by atoms with Gasteiger partial charge in [0.25, 0.3) is 5.91 Å². The number of imidazole rings is 1. The molecule has 284 valence electrons. The third kappa shape index (κ3) is 5.70. The monoisotopic (exact) mass is 734 g/mol. The zero-order valence-corrected chi connectivity index (χ0v) is 32.1. The normalized spacial score (nSPS) is 26.2. The van der Waals surface area contributed by atoms with Gasteiger partial charge in [-0.25, -0.2) is 14.4 Å². The van der Waals surface area contributed by atoms with Crippen molar-refractivity contribution >= 4 is 40.0 Å². The minimum atomic E-state index is -0.774. The van der Waals surface area contributed by atoms with E-state index in [4.69, 9.17) is 14.7 Å². The van der Waals surface area contributed by atoms with Gasteiger partial charge in [-0.15, -0.1) is 0 Å². The summed E-state index contributed by atoms with van der Waals surface area (Å²) in [7, 11) is 0. The lowest BCUT2D eigenvalue weighted by atomic mass is 9.73. The Bertz CT molecular complexity index is 2130. The van der Waals surface area contributed by atoms with Gasteiger partial charge in [0.2, 0.25) is 5.91 Å². The molecule has 4 fully saturated rings. The van der Waals surface area contributed by atoms with E-state index in [2.05, 4.69) is 66.0 Å². The predicted octanol–water partition coefficient (Wildman–Crippen LogP) is 7.00. The number of carbonyl (C=O) groups is 2. The number of piperidine rings is 1. The van der Waals surface area contributed by atoms with Gasteiger partial charge in [-0.2, -0.15) is 0 Å². The Kier molecular flexibility index (Phi) is 8.39.